The third-order valence-electron chi connectivity index (χ3n) is 7.21. The molecule has 0 fully saturated rings. The maximum Gasteiger partial charge on any atom is 0.336 e. The molecule has 1 rings (SSSR count). The van der Waals surface area contributed by atoms with E-state index >= 15 is 0 Å². The molecule has 0 unspecified atom stereocenters. The lowest BCUT2D eigenvalue weighted by Crippen LogP contribution is -2.09. The van der Waals surface area contributed by atoms with Crippen molar-refractivity contribution in [3.05, 3.63) is 61.2 Å². The molecule has 0 aliphatic rings. The second-order valence-electron chi connectivity index (χ2n) is 10.8. The molecule has 0 bridgehead atoms. The fourth-order valence-corrected chi connectivity index (χ4v) is 4.77. The molecule has 0 aromatic heterocycles. The molecule has 8 heteroatoms. The molecule has 1 aromatic rings. The van der Waals surface area contributed by atoms with Crippen LogP contribution >= 0.6 is 0 Å². The van der Waals surface area contributed by atoms with Gasteiger partial charge in [0, 0.05) is 17.7 Å². The lowest BCUT2D eigenvalue weighted by molar-refractivity contribution is -0.138. The van der Waals surface area contributed by atoms with Gasteiger partial charge in [-0.3, -0.25) is 0 Å². The van der Waals surface area contributed by atoms with Gasteiger partial charge in [-0.25, -0.2) is 14.4 Å². The molecule has 0 atom stereocenters. The van der Waals surface area contributed by atoms with E-state index in [-0.39, 0.29) is 17.5 Å². The van der Waals surface area contributed by atoms with Crippen LogP contribution in [-0.2, 0) is 25.5 Å². The summed E-state index contributed by atoms with van der Waals surface area (Å²) >= 11 is 0. The van der Waals surface area contributed by atoms with E-state index in [0.29, 0.717) is 49.9 Å². The number of rotatable bonds is 29. The number of hydrogen-bond donors (Lipinski definition) is 1. The second kappa shape index (κ2) is 25.9. The van der Waals surface area contributed by atoms with Gasteiger partial charge in [0.15, 0.2) is 11.5 Å². The van der Waals surface area contributed by atoms with Crippen LogP contribution in [0.2, 0.25) is 0 Å². The van der Waals surface area contributed by atoms with Gasteiger partial charge in [-0.2, -0.15) is 0 Å². The third-order valence-corrected chi connectivity index (χ3v) is 7.21. The van der Waals surface area contributed by atoms with Crippen molar-refractivity contribution in [2.45, 2.75) is 109 Å². The Morgan fingerprint density at radius 1 is 0.591 bits per heavy atom. The van der Waals surface area contributed by atoms with Gasteiger partial charge in [0.2, 0.25) is 0 Å². The van der Waals surface area contributed by atoms with Crippen LogP contribution in [-0.4, -0.2) is 49.4 Å². The Hall–Kier alpha value is -3.55. The number of benzene rings is 1. The molecule has 0 saturated carbocycles. The minimum Gasteiger partial charge on any atom is -0.490 e. The maximum absolute atomic E-state index is 11.9. The van der Waals surface area contributed by atoms with Gasteiger partial charge in [0.1, 0.15) is 0 Å². The molecule has 0 aliphatic heterocycles. The molecule has 44 heavy (non-hydrogen) atoms. The smallest absolute Gasteiger partial charge is 0.336 e. The first-order valence-corrected chi connectivity index (χ1v) is 16.3. The molecule has 0 radical (unpaired) electrons. The lowest BCUT2D eigenvalue weighted by atomic mass is 10.0. The largest absolute Gasteiger partial charge is 0.490 e. The van der Waals surface area contributed by atoms with Crippen LogP contribution in [0.25, 0.3) is 0 Å². The molecular weight excluding hydrogens is 560 g/mol. The van der Waals surface area contributed by atoms with Gasteiger partial charge in [0.05, 0.1) is 32.0 Å². The third kappa shape index (κ3) is 18.2. The molecular formula is C36H54O8. The Bertz CT molecular complexity index is 1000. The van der Waals surface area contributed by atoms with Crippen LogP contribution in [0.15, 0.2) is 50.1 Å². The average Bonchev–Trinajstić information content (AvgIpc) is 3.02. The van der Waals surface area contributed by atoms with Crippen LogP contribution in [0.4, 0.5) is 0 Å². The number of carboxylic acid groups (broad SMARTS) is 1. The highest BCUT2D eigenvalue weighted by Crippen LogP contribution is 2.35. The zero-order valence-electron chi connectivity index (χ0n) is 26.7. The number of esters is 2. The lowest BCUT2D eigenvalue weighted by Gasteiger charge is -2.18. The standard InChI is InChI=1S/C36H54O8/c1-4-23-30-31(36(39)40)24-25-32(41-26-19-15-11-7-8-12-16-20-27-42-33(37)5-2)35(30)44-29-22-18-14-10-9-13-17-21-28-43-34(38)6-3/h4-6,24-25H,1-3,7-23,26-29H2,(H,39,40). The summed E-state index contributed by atoms with van der Waals surface area (Å²) in [5, 5.41) is 9.73. The van der Waals surface area contributed by atoms with Gasteiger partial charge in [-0.15, -0.1) is 6.58 Å². The Kier molecular flexibility index (Phi) is 22.7. The van der Waals surface area contributed by atoms with E-state index in [1.807, 2.05) is 0 Å². The van der Waals surface area contributed by atoms with E-state index in [1.54, 1.807) is 18.2 Å². The number of carboxylic acids is 1. The maximum atomic E-state index is 11.9. The summed E-state index contributed by atoms with van der Waals surface area (Å²) in [5.41, 5.74) is 0.813. The van der Waals surface area contributed by atoms with E-state index in [9.17, 15) is 19.5 Å². The Morgan fingerprint density at radius 3 is 1.41 bits per heavy atom. The zero-order chi connectivity index (χ0) is 32.3. The van der Waals surface area contributed by atoms with E-state index < -0.39 is 5.97 Å². The van der Waals surface area contributed by atoms with Crippen molar-refractivity contribution in [2.24, 2.45) is 0 Å². The molecule has 0 spiro atoms. The van der Waals surface area contributed by atoms with Gasteiger partial charge < -0.3 is 24.1 Å². The molecule has 8 nitrogen and oxygen atoms in total. The second-order valence-corrected chi connectivity index (χ2v) is 10.8. The number of carbonyl (C=O) groups is 3. The number of ether oxygens (including phenoxy) is 4. The van der Waals surface area contributed by atoms with Crippen LogP contribution in [0.1, 0.15) is 119 Å². The molecule has 0 amide bonds. The van der Waals surface area contributed by atoms with E-state index in [0.717, 1.165) is 103 Å². The number of allylic oxidation sites excluding steroid dienone is 1. The predicted molar refractivity (Wildman–Crippen MR) is 174 cm³/mol. The molecule has 0 saturated heterocycles. The number of aromatic carboxylic acids is 1. The van der Waals surface area contributed by atoms with E-state index in [1.165, 1.54) is 12.2 Å². The molecule has 246 valence electrons. The minimum atomic E-state index is -0.991. The fourth-order valence-electron chi connectivity index (χ4n) is 4.77. The Balaban J connectivity index is 2.37. The van der Waals surface area contributed by atoms with Crippen molar-refractivity contribution < 1.29 is 38.4 Å². The van der Waals surface area contributed by atoms with Crippen molar-refractivity contribution in [3.63, 3.8) is 0 Å². The SMILES string of the molecule is C=CCc1c(C(=O)O)ccc(OCCCCCCCCCCOC(=O)C=C)c1OCCCCCCCCCCOC(=O)C=C. The van der Waals surface area contributed by atoms with Gasteiger partial charge in [-0.1, -0.05) is 96.3 Å². The van der Waals surface area contributed by atoms with Gasteiger partial charge in [0.25, 0.3) is 0 Å². The summed E-state index contributed by atoms with van der Waals surface area (Å²) in [4.78, 5) is 33.9. The fraction of sp³-hybridized carbons (Fsp3) is 0.583. The predicted octanol–water partition coefficient (Wildman–Crippen LogP) is 8.57. The Labute approximate surface area is 264 Å². The quantitative estimate of drug-likeness (QED) is 0.0414. The van der Waals surface area contributed by atoms with Crippen molar-refractivity contribution in [2.75, 3.05) is 26.4 Å². The molecule has 1 N–H and O–H groups in total. The summed E-state index contributed by atoms with van der Waals surface area (Å²) in [7, 11) is 0. The summed E-state index contributed by atoms with van der Waals surface area (Å²) in [6.07, 6.45) is 21.3. The highest BCUT2D eigenvalue weighted by molar-refractivity contribution is 5.91. The van der Waals surface area contributed by atoms with Crippen LogP contribution in [0.3, 0.4) is 0 Å². The van der Waals surface area contributed by atoms with Crippen LogP contribution in [0, 0.1) is 0 Å². The minimum absolute atomic E-state index is 0.213. The van der Waals surface area contributed by atoms with Crippen molar-refractivity contribution >= 4 is 17.9 Å². The number of hydrogen-bond acceptors (Lipinski definition) is 7. The first kappa shape index (κ1) is 38.5. The normalized spacial score (nSPS) is 10.5. The zero-order valence-corrected chi connectivity index (χ0v) is 26.7. The van der Waals surface area contributed by atoms with E-state index in [4.69, 9.17) is 18.9 Å². The van der Waals surface area contributed by atoms with Crippen molar-refractivity contribution in [3.8, 4) is 11.5 Å². The highest BCUT2D eigenvalue weighted by atomic mass is 16.5. The average molecular weight is 615 g/mol. The first-order valence-electron chi connectivity index (χ1n) is 16.3. The monoisotopic (exact) mass is 614 g/mol. The molecule has 0 heterocycles. The summed E-state index contributed by atoms with van der Waals surface area (Å²) in [5.74, 6) is -0.619. The summed E-state index contributed by atoms with van der Waals surface area (Å²) in [6, 6.07) is 3.29. The van der Waals surface area contributed by atoms with Crippen molar-refractivity contribution in [1.29, 1.82) is 0 Å². The first-order chi connectivity index (χ1) is 21.4. The topological polar surface area (TPSA) is 108 Å². The van der Waals surface area contributed by atoms with Gasteiger partial charge in [-0.05, 0) is 44.2 Å². The molecule has 0 aliphatic carbocycles. The Morgan fingerprint density at radius 2 is 1.00 bits per heavy atom. The van der Waals surface area contributed by atoms with Crippen LogP contribution < -0.4 is 9.47 Å². The number of carbonyl (C=O) groups excluding carboxylic acids is 2. The highest BCUT2D eigenvalue weighted by Gasteiger charge is 2.19. The van der Waals surface area contributed by atoms with Gasteiger partial charge >= 0.3 is 17.9 Å². The van der Waals surface area contributed by atoms with Crippen LogP contribution in [0.5, 0.6) is 11.5 Å². The van der Waals surface area contributed by atoms with Crippen molar-refractivity contribution in [1.82, 2.24) is 0 Å². The van der Waals surface area contributed by atoms with E-state index in [2.05, 4.69) is 19.7 Å². The number of unbranched alkanes of at least 4 members (excludes halogenated alkanes) is 14. The summed E-state index contributed by atoms with van der Waals surface area (Å²) < 4.78 is 22.2. The molecule has 1 aromatic carbocycles. The summed E-state index contributed by atoms with van der Waals surface area (Å²) in [6.45, 7) is 12.5.